The van der Waals surface area contributed by atoms with Crippen LogP contribution in [0.3, 0.4) is 0 Å². The van der Waals surface area contributed by atoms with Gasteiger partial charge in [0.05, 0.1) is 13.1 Å². The van der Waals surface area contributed by atoms with Crippen LogP contribution in [0.15, 0.2) is 12.4 Å². The van der Waals surface area contributed by atoms with Crippen LogP contribution < -0.4 is 4.57 Å². The van der Waals surface area contributed by atoms with Crippen LogP contribution in [0.1, 0.15) is 187 Å². The van der Waals surface area contributed by atoms with E-state index in [0.717, 1.165) is 0 Å². The number of aromatic nitrogens is 2. The molecule has 0 aliphatic rings. The predicted molar refractivity (Wildman–Crippen MR) is 161 cm³/mol. The van der Waals surface area contributed by atoms with Gasteiger partial charge in [0.2, 0.25) is 0 Å². The van der Waals surface area contributed by atoms with E-state index in [0.29, 0.717) is 0 Å². The van der Waals surface area contributed by atoms with Crippen molar-refractivity contribution in [3.63, 3.8) is 0 Å². The summed E-state index contributed by atoms with van der Waals surface area (Å²) in [7, 11) is 0. The molecule has 0 bridgehead atoms. The van der Waals surface area contributed by atoms with Crippen molar-refractivity contribution >= 4 is 0 Å². The number of aryl methyl sites for hydroxylation is 2. The SMILES string of the molecule is CCCCCCCCCCCCCCC[n+]1ccn(CCCCCCCC)c1CCCCCCCC. The first kappa shape index (κ1) is 33.2. The topological polar surface area (TPSA) is 8.81 Å². The Morgan fingerprint density at radius 1 is 0.472 bits per heavy atom. The molecule has 0 aromatic carbocycles. The van der Waals surface area contributed by atoms with E-state index in [1.165, 1.54) is 180 Å². The molecule has 0 saturated heterocycles. The highest BCUT2D eigenvalue weighted by molar-refractivity contribution is 4.84. The Bertz CT molecular complexity index is 562. The van der Waals surface area contributed by atoms with Gasteiger partial charge in [0.1, 0.15) is 12.4 Å². The lowest BCUT2D eigenvalue weighted by atomic mass is 10.0. The van der Waals surface area contributed by atoms with E-state index in [4.69, 9.17) is 0 Å². The second-order valence-corrected chi connectivity index (χ2v) is 11.6. The predicted octanol–water partition coefficient (Wildman–Crippen LogP) is 11.1. The lowest BCUT2D eigenvalue weighted by Gasteiger charge is -2.07. The zero-order valence-electron chi connectivity index (χ0n) is 25.3. The number of hydrogen-bond donors (Lipinski definition) is 0. The van der Waals surface area contributed by atoms with E-state index < -0.39 is 0 Å². The van der Waals surface area contributed by atoms with Gasteiger partial charge < -0.3 is 0 Å². The van der Waals surface area contributed by atoms with Crippen molar-refractivity contribution in [2.45, 2.75) is 201 Å². The van der Waals surface area contributed by atoms with Crippen molar-refractivity contribution in [2.75, 3.05) is 0 Å². The lowest BCUT2D eigenvalue weighted by Crippen LogP contribution is -2.37. The Morgan fingerprint density at radius 3 is 1.33 bits per heavy atom. The molecule has 0 amide bonds. The molecule has 0 radical (unpaired) electrons. The molecule has 2 heteroatoms. The largest absolute Gasteiger partial charge is 0.256 e. The van der Waals surface area contributed by atoms with E-state index in [9.17, 15) is 0 Å². The van der Waals surface area contributed by atoms with E-state index >= 15 is 0 Å². The number of rotatable bonds is 28. The van der Waals surface area contributed by atoms with E-state index in [1.54, 1.807) is 5.82 Å². The van der Waals surface area contributed by atoms with Gasteiger partial charge in [0.25, 0.3) is 5.82 Å². The molecule has 1 aromatic rings. The molecule has 1 aromatic heterocycles. The summed E-state index contributed by atoms with van der Waals surface area (Å²) < 4.78 is 5.22. The lowest BCUT2D eigenvalue weighted by molar-refractivity contribution is -0.704. The summed E-state index contributed by atoms with van der Waals surface area (Å²) in [5.41, 5.74) is 0. The van der Waals surface area contributed by atoms with Crippen molar-refractivity contribution in [3.05, 3.63) is 18.2 Å². The number of unbranched alkanes of at least 4 members (excludes halogenated alkanes) is 22. The molecule has 0 aliphatic heterocycles. The highest BCUT2D eigenvalue weighted by Gasteiger charge is 2.16. The first-order valence-corrected chi connectivity index (χ1v) is 16.9. The third-order valence-electron chi connectivity index (χ3n) is 8.10. The molecule has 0 saturated carbocycles. The standard InChI is InChI=1S/C34H67N2/c1-4-7-10-13-16-17-18-19-20-21-22-25-28-31-36-33-32-35(30-27-24-15-12-9-6-3)34(36)29-26-23-14-11-8-5-2/h32-33H,4-31H2,1-3H3/q+1. The minimum Gasteiger partial charge on any atom is -0.234 e. The Hall–Kier alpha value is -0.790. The molecule has 0 spiro atoms. The number of imidazole rings is 1. The summed E-state index contributed by atoms with van der Waals surface area (Å²) in [5.74, 6) is 1.61. The normalized spacial score (nSPS) is 11.5. The second kappa shape index (κ2) is 25.8. The summed E-state index contributed by atoms with van der Waals surface area (Å²) in [4.78, 5) is 0. The first-order valence-electron chi connectivity index (χ1n) is 16.9. The fraction of sp³-hybridized carbons (Fsp3) is 0.912. The maximum atomic E-state index is 2.61. The van der Waals surface area contributed by atoms with Gasteiger partial charge in [0.15, 0.2) is 0 Å². The maximum absolute atomic E-state index is 2.61. The second-order valence-electron chi connectivity index (χ2n) is 11.6. The van der Waals surface area contributed by atoms with Crippen LogP contribution in [0.2, 0.25) is 0 Å². The molecule has 1 heterocycles. The zero-order chi connectivity index (χ0) is 25.9. The van der Waals surface area contributed by atoms with Crippen LogP contribution in [-0.2, 0) is 19.5 Å². The molecule has 0 atom stereocenters. The van der Waals surface area contributed by atoms with Gasteiger partial charge in [-0.3, -0.25) is 0 Å². The minimum atomic E-state index is 1.23. The van der Waals surface area contributed by atoms with Gasteiger partial charge >= 0.3 is 0 Å². The molecular weight excluding hydrogens is 436 g/mol. The molecule has 0 unspecified atom stereocenters. The summed E-state index contributed by atoms with van der Waals surface area (Å²) in [5, 5.41) is 0. The van der Waals surface area contributed by atoms with Gasteiger partial charge in [-0.1, -0.05) is 149 Å². The van der Waals surface area contributed by atoms with Gasteiger partial charge in [-0.15, -0.1) is 0 Å². The first-order chi connectivity index (χ1) is 17.8. The summed E-state index contributed by atoms with van der Waals surface area (Å²) >= 11 is 0. The summed E-state index contributed by atoms with van der Waals surface area (Å²) in [6.07, 6.45) is 41.5. The Balaban J connectivity index is 2.26. The average Bonchev–Trinajstić information content (AvgIpc) is 3.27. The molecule has 1 rings (SSSR count). The molecule has 36 heavy (non-hydrogen) atoms. The quantitative estimate of drug-likeness (QED) is 0.0794. The van der Waals surface area contributed by atoms with E-state index in [1.807, 2.05) is 0 Å². The van der Waals surface area contributed by atoms with Crippen LogP contribution in [0.5, 0.6) is 0 Å². The molecule has 0 fully saturated rings. The summed E-state index contributed by atoms with van der Waals surface area (Å²) in [6, 6.07) is 0. The summed E-state index contributed by atoms with van der Waals surface area (Å²) in [6.45, 7) is 9.38. The minimum absolute atomic E-state index is 1.23. The van der Waals surface area contributed by atoms with Crippen LogP contribution in [-0.4, -0.2) is 4.57 Å². The average molecular weight is 504 g/mol. The molecule has 0 aliphatic carbocycles. The van der Waals surface area contributed by atoms with Gasteiger partial charge in [0, 0.05) is 6.42 Å². The van der Waals surface area contributed by atoms with Gasteiger partial charge in [-0.25, -0.2) is 9.13 Å². The monoisotopic (exact) mass is 504 g/mol. The molecular formula is C34H67N2+. The fourth-order valence-electron chi connectivity index (χ4n) is 5.62. The van der Waals surface area contributed by atoms with Crippen molar-refractivity contribution in [3.8, 4) is 0 Å². The van der Waals surface area contributed by atoms with Crippen molar-refractivity contribution in [1.29, 1.82) is 0 Å². The molecule has 212 valence electrons. The Morgan fingerprint density at radius 2 is 0.861 bits per heavy atom. The fourth-order valence-corrected chi connectivity index (χ4v) is 5.62. The highest BCUT2D eigenvalue weighted by atomic mass is 15.1. The van der Waals surface area contributed by atoms with Crippen LogP contribution in [0.25, 0.3) is 0 Å². The highest BCUT2D eigenvalue weighted by Crippen LogP contribution is 2.14. The van der Waals surface area contributed by atoms with E-state index in [-0.39, 0.29) is 0 Å². The smallest absolute Gasteiger partial charge is 0.234 e. The number of nitrogens with zero attached hydrogens (tertiary/aromatic N) is 2. The van der Waals surface area contributed by atoms with Crippen LogP contribution in [0.4, 0.5) is 0 Å². The van der Waals surface area contributed by atoms with Crippen molar-refractivity contribution < 1.29 is 4.57 Å². The Labute approximate surface area is 228 Å². The molecule has 0 N–H and O–H groups in total. The Kier molecular flexibility index (Phi) is 23.9. The zero-order valence-corrected chi connectivity index (χ0v) is 25.3. The number of hydrogen-bond acceptors (Lipinski definition) is 0. The molecule has 2 nitrogen and oxygen atoms in total. The third kappa shape index (κ3) is 18.5. The van der Waals surface area contributed by atoms with Gasteiger partial charge in [-0.05, 0) is 32.1 Å². The van der Waals surface area contributed by atoms with Crippen LogP contribution in [0, 0.1) is 0 Å². The van der Waals surface area contributed by atoms with Gasteiger partial charge in [-0.2, -0.15) is 0 Å². The van der Waals surface area contributed by atoms with Crippen molar-refractivity contribution in [1.82, 2.24) is 4.57 Å². The van der Waals surface area contributed by atoms with Crippen molar-refractivity contribution in [2.24, 2.45) is 0 Å². The van der Waals surface area contributed by atoms with Crippen LogP contribution >= 0.6 is 0 Å². The third-order valence-corrected chi connectivity index (χ3v) is 8.10. The van der Waals surface area contributed by atoms with E-state index in [2.05, 4.69) is 42.3 Å². The maximum Gasteiger partial charge on any atom is 0.256 e.